The van der Waals surface area contributed by atoms with Crippen molar-refractivity contribution < 1.29 is 4.79 Å². The summed E-state index contributed by atoms with van der Waals surface area (Å²) in [4.78, 5) is 19.9. The number of para-hydroxylation sites is 3. The summed E-state index contributed by atoms with van der Waals surface area (Å²) in [7, 11) is 0. The van der Waals surface area contributed by atoms with Gasteiger partial charge < -0.3 is 9.47 Å². The number of benzene rings is 2. The summed E-state index contributed by atoms with van der Waals surface area (Å²) < 4.78 is 2.40. The summed E-state index contributed by atoms with van der Waals surface area (Å²) in [6.45, 7) is 6.05. The van der Waals surface area contributed by atoms with E-state index < -0.39 is 0 Å². The summed E-state index contributed by atoms with van der Waals surface area (Å²) in [5.41, 5.74) is 4.43. The molecule has 2 aromatic carbocycles. The number of fused-ring (bicyclic) bond motifs is 1. The largest absolute Gasteiger partial charge is 0.328 e. The van der Waals surface area contributed by atoms with Crippen LogP contribution in [0.2, 0.25) is 0 Å². The molecule has 0 radical (unpaired) electrons. The zero-order valence-electron chi connectivity index (χ0n) is 20.4. The van der Waals surface area contributed by atoms with Crippen LogP contribution < -0.4 is 4.90 Å². The standard InChI is InChI=1S/C29H39N3O/c1-3-4-5-6-7-8-9-10-15-20-31-27-19-14-12-17-25(27)30-29(31)24-21-28(33)32(22-24)26-18-13-11-16-23(26)2/h11-14,16-19,24H,3-10,15,20-22H2,1-2H3/t24-/m1/s1. The molecule has 0 bridgehead atoms. The lowest BCUT2D eigenvalue weighted by atomic mass is 10.1. The topological polar surface area (TPSA) is 38.1 Å². The van der Waals surface area contributed by atoms with Crippen molar-refractivity contribution >= 4 is 22.6 Å². The predicted octanol–water partition coefficient (Wildman–Crippen LogP) is 7.40. The van der Waals surface area contributed by atoms with Crippen molar-refractivity contribution in [3.8, 4) is 0 Å². The third kappa shape index (κ3) is 5.66. The SMILES string of the molecule is CCCCCCCCCCCn1c([C@@H]2CC(=O)N(c3ccccc3C)C2)nc2ccccc21. The van der Waals surface area contributed by atoms with Crippen LogP contribution in [0.3, 0.4) is 0 Å². The maximum absolute atomic E-state index is 13.0. The molecule has 1 aliphatic heterocycles. The van der Waals surface area contributed by atoms with Gasteiger partial charge in [-0.05, 0) is 37.1 Å². The normalized spacial score (nSPS) is 16.2. The molecule has 1 saturated heterocycles. The molecule has 176 valence electrons. The Balaban J connectivity index is 1.41. The van der Waals surface area contributed by atoms with Gasteiger partial charge in [0.2, 0.25) is 5.91 Å². The molecule has 0 unspecified atom stereocenters. The highest BCUT2D eigenvalue weighted by atomic mass is 16.2. The van der Waals surface area contributed by atoms with Crippen LogP contribution in [-0.4, -0.2) is 22.0 Å². The van der Waals surface area contributed by atoms with Crippen molar-refractivity contribution in [2.45, 2.75) is 90.5 Å². The van der Waals surface area contributed by atoms with Gasteiger partial charge in [-0.3, -0.25) is 4.79 Å². The van der Waals surface area contributed by atoms with Crippen LogP contribution in [0, 0.1) is 6.92 Å². The molecule has 0 aliphatic carbocycles. The molecule has 1 aliphatic rings. The number of carbonyl (C=O) groups is 1. The number of aryl methyl sites for hydroxylation is 2. The Morgan fingerprint density at radius 3 is 2.30 bits per heavy atom. The lowest BCUT2D eigenvalue weighted by molar-refractivity contribution is -0.117. The molecule has 1 atom stereocenters. The molecule has 1 aromatic heterocycles. The summed E-state index contributed by atoms with van der Waals surface area (Å²) >= 11 is 0. The number of unbranched alkanes of at least 4 members (excludes halogenated alkanes) is 8. The zero-order valence-corrected chi connectivity index (χ0v) is 20.4. The Morgan fingerprint density at radius 2 is 1.55 bits per heavy atom. The van der Waals surface area contributed by atoms with Gasteiger partial charge in [0, 0.05) is 31.1 Å². The van der Waals surface area contributed by atoms with E-state index in [0.29, 0.717) is 13.0 Å². The molecule has 4 nitrogen and oxygen atoms in total. The number of hydrogen-bond acceptors (Lipinski definition) is 2. The Labute approximate surface area is 199 Å². The van der Waals surface area contributed by atoms with Crippen molar-refractivity contribution in [2.24, 2.45) is 0 Å². The second kappa shape index (κ2) is 11.5. The smallest absolute Gasteiger partial charge is 0.227 e. The van der Waals surface area contributed by atoms with Crippen LogP contribution in [-0.2, 0) is 11.3 Å². The van der Waals surface area contributed by atoms with E-state index >= 15 is 0 Å². The van der Waals surface area contributed by atoms with E-state index in [2.05, 4.69) is 54.8 Å². The first kappa shape index (κ1) is 23.5. The molecule has 33 heavy (non-hydrogen) atoms. The monoisotopic (exact) mass is 445 g/mol. The minimum absolute atomic E-state index is 0.142. The molecule has 4 heteroatoms. The Bertz CT molecular complexity index is 1050. The van der Waals surface area contributed by atoms with Crippen LogP contribution in [0.4, 0.5) is 5.69 Å². The van der Waals surface area contributed by atoms with Crippen molar-refractivity contribution in [3.05, 3.63) is 59.9 Å². The summed E-state index contributed by atoms with van der Waals surface area (Å²) in [5.74, 6) is 1.43. The molecule has 3 aromatic rings. The maximum atomic E-state index is 13.0. The van der Waals surface area contributed by atoms with Crippen molar-refractivity contribution in [1.82, 2.24) is 9.55 Å². The van der Waals surface area contributed by atoms with Gasteiger partial charge in [-0.1, -0.05) is 88.6 Å². The third-order valence-corrected chi connectivity index (χ3v) is 7.07. The van der Waals surface area contributed by atoms with Crippen LogP contribution in [0.5, 0.6) is 0 Å². The number of amides is 1. The van der Waals surface area contributed by atoms with Crippen molar-refractivity contribution in [3.63, 3.8) is 0 Å². The highest BCUT2D eigenvalue weighted by Crippen LogP contribution is 2.34. The van der Waals surface area contributed by atoms with Gasteiger partial charge in [0.15, 0.2) is 0 Å². The van der Waals surface area contributed by atoms with E-state index in [0.717, 1.165) is 29.1 Å². The summed E-state index contributed by atoms with van der Waals surface area (Å²) in [6.07, 6.45) is 12.5. The molecule has 1 fully saturated rings. The Kier molecular flexibility index (Phi) is 8.20. The Hall–Kier alpha value is -2.62. The molecule has 0 spiro atoms. The van der Waals surface area contributed by atoms with Crippen molar-refractivity contribution in [1.29, 1.82) is 0 Å². The number of carbonyl (C=O) groups excluding carboxylic acids is 1. The molecule has 1 amide bonds. The predicted molar refractivity (Wildman–Crippen MR) is 138 cm³/mol. The van der Waals surface area contributed by atoms with Gasteiger partial charge in [-0.25, -0.2) is 4.98 Å². The van der Waals surface area contributed by atoms with Crippen LogP contribution in [0.25, 0.3) is 11.0 Å². The molecule has 0 N–H and O–H groups in total. The van der Waals surface area contributed by atoms with E-state index in [9.17, 15) is 4.79 Å². The lowest BCUT2D eigenvalue weighted by Crippen LogP contribution is -2.25. The van der Waals surface area contributed by atoms with Gasteiger partial charge >= 0.3 is 0 Å². The van der Waals surface area contributed by atoms with E-state index in [1.807, 2.05) is 17.0 Å². The third-order valence-electron chi connectivity index (χ3n) is 7.07. The number of imidazole rings is 1. The highest BCUT2D eigenvalue weighted by molar-refractivity contribution is 5.97. The average molecular weight is 446 g/mol. The van der Waals surface area contributed by atoms with Gasteiger partial charge in [0.05, 0.1) is 11.0 Å². The van der Waals surface area contributed by atoms with Crippen LogP contribution >= 0.6 is 0 Å². The number of aromatic nitrogens is 2. The molecular weight excluding hydrogens is 406 g/mol. The second-order valence-electron chi connectivity index (χ2n) is 9.63. The fourth-order valence-electron chi connectivity index (χ4n) is 5.20. The quantitative estimate of drug-likeness (QED) is 0.272. The first-order chi connectivity index (χ1) is 16.2. The number of anilines is 1. The fourth-order valence-corrected chi connectivity index (χ4v) is 5.20. The first-order valence-electron chi connectivity index (χ1n) is 13.0. The minimum atomic E-state index is 0.142. The van der Waals surface area contributed by atoms with E-state index in [-0.39, 0.29) is 11.8 Å². The average Bonchev–Trinajstić information content (AvgIpc) is 3.39. The van der Waals surface area contributed by atoms with E-state index in [1.165, 1.54) is 63.3 Å². The first-order valence-corrected chi connectivity index (χ1v) is 13.0. The summed E-state index contributed by atoms with van der Waals surface area (Å²) in [6, 6.07) is 16.6. The summed E-state index contributed by atoms with van der Waals surface area (Å²) in [5, 5.41) is 0. The molecule has 4 rings (SSSR count). The van der Waals surface area contributed by atoms with Gasteiger partial charge in [-0.15, -0.1) is 0 Å². The number of hydrogen-bond donors (Lipinski definition) is 0. The fraction of sp³-hybridized carbons (Fsp3) is 0.517. The number of rotatable bonds is 12. The van der Waals surface area contributed by atoms with Crippen LogP contribution in [0.1, 0.15) is 88.4 Å². The molecule has 0 saturated carbocycles. The minimum Gasteiger partial charge on any atom is -0.328 e. The number of nitrogens with zero attached hydrogens (tertiary/aromatic N) is 3. The van der Waals surface area contributed by atoms with Crippen LogP contribution in [0.15, 0.2) is 48.5 Å². The van der Waals surface area contributed by atoms with E-state index in [4.69, 9.17) is 4.98 Å². The van der Waals surface area contributed by atoms with E-state index in [1.54, 1.807) is 0 Å². The maximum Gasteiger partial charge on any atom is 0.227 e. The van der Waals surface area contributed by atoms with Crippen molar-refractivity contribution in [2.75, 3.05) is 11.4 Å². The van der Waals surface area contributed by atoms with Gasteiger partial charge in [-0.2, -0.15) is 0 Å². The lowest BCUT2D eigenvalue weighted by Gasteiger charge is -2.19. The zero-order chi connectivity index (χ0) is 23.0. The van der Waals surface area contributed by atoms with Gasteiger partial charge in [0.25, 0.3) is 0 Å². The highest BCUT2D eigenvalue weighted by Gasteiger charge is 2.35. The Morgan fingerprint density at radius 1 is 0.879 bits per heavy atom. The molecular formula is C29H39N3O. The molecule has 2 heterocycles. The van der Waals surface area contributed by atoms with Gasteiger partial charge in [0.1, 0.15) is 5.82 Å². The second-order valence-corrected chi connectivity index (χ2v) is 9.63.